The van der Waals surface area contributed by atoms with Gasteiger partial charge in [0.1, 0.15) is 11.9 Å². The third kappa shape index (κ3) is 2.51. The molecule has 0 bridgehead atoms. The van der Waals surface area contributed by atoms with Crippen LogP contribution in [-0.2, 0) is 0 Å². The molecule has 0 fully saturated rings. The molecule has 4 nitrogen and oxygen atoms in total. The van der Waals surface area contributed by atoms with Gasteiger partial charge in [0.2, 0.25) is 5.76 Å². The van der Waals surface area contributed by atoms with E-state index in [1.807, 2.05) is 0 Å². The molecule has 0 aliphatic carbocycles. The fourth-order valence-electron chi connectivity index (χ4n) is 1.46. The van der Waals surface area contributed by atoms with E-state index in [1.54, 1.807) is 12.1 Å². The van der Waals surface area contributed by atoms with Crippen molar-refractivity contribution in [1.82, 2.24) is 0 Å². The van der Waals surface area contributed by atoms with Gasteiger partial charge in [-0.1, -0.05) is 29.3 Å². The molecule has 94 valence electrons. The quantitative estimate of drug-likeness (QED) is 0.908. The summed E-state index contributed by atoms with van der Waals surface area (Å²) in [6, 6.07) is 7.30. The van der Waals surface area contributed by atoms with Crippen LogP contribution >= 0.6 is 23.2 Å². The highest BCUT2D eigenvalue weighted by Crippen LogP contribution is 2.29. The summed E-state index contributed by atoms with van der Waals surface area (Å²) in [7, 11) is 0. The summed E-state index contributed by atoms with van der Waals surface area (Å²) in [6.07, 6.45) is -1.09. The Morgan fingerprint density at radius 1 is 1.17 bits per heavy atom. The number of aromatic carboxylic acids is 1. The van der Waals surface area contributed by atoms with Gasteiger partial charge in [-0.05, 0) is 29.8 Å². The second kappa shape index (κ2) is 5.02. The van der Waals surface area contributed by atoms with Crippen LogP contribution in [0.4, 0.5) is 0 Å². The molecule has 0 radical (unpaired) electrons. The number of benzene rings is 1. The van der Waals surface area contributed by atoms with E-state index in [0.29, 0.717) is 15.6 Å². The predicted octanol–water partition coefficient (Wildman–Crippen LogP) is 3.37. The molecular weight excluding hydrogens is 279 g/mol. The maximum absolute atomic E-state index is 10.7. The Bertz CT molecular complexity index is 592. The molecule has 1 heterocycles. The summed E-state index contributed by atoms with van der Waals surface area (Å²) in [6.45, 7) is 0. The summed E-state index contributed by atoms with van der Waals surface area (Å²) < 4.78 is 5.01. The Kier molecular flexibility index (Phi) is 3.61. The number of aliphatic hydroxyl groups is 1. The Balaban J connectivity index is 2.31. The molecule has 0 spiro atoms. The number of rotatable bonds is 3. The predicted molar refractivity (Wildman–Crippen MR) is 66.2 cm³/mol. The van der Waals surface area contributed by atoms with Crippen molar-refractivity contribution in [3.05, 3.63) is 57.5 Å². The van der Waals surface area contributed by atoms with Crippen LogP contribution in [0.15, 0.2) is 34.7 Å². The van der Waals surface area contributed by atoms with E-state index in [4.69, 9.17) is 32.7 Å². The highest BCUT2D eigenvalue weighted by molar-refractivity contribution is 6.42. The Hall–Kier alpha value is -1.49. The number of halogens is 2. The van der Waals surface area contributed by atoms with Crippen molar-refractivity contribution >= 4 is 29.2 Å². The van der Waals surface area contributed by atoms with Crippen molar-refractivity contribution in [3.63, 3.8) is 0 Å². The smallest absolute Gasteiger partial charge is 0.371 e. The summed E-state index contributed by atoms with van der Waals surface area (Å²) in [5.74, 6) is -1.29. The van der Waals surface area contributed by atoms with Gasteiger partial charge in [-0.2, -0.15) is 0 Å². The molecule has 1 atom stereocenters. The van der Waals surface area contributed by atoms with Crippen molar-refractivity contribution < 1.29 is 19.4 Å². The third-order valence-corrected chi connectivity index (χ3v) is 3.11. The number of aliphatic hydroxyl groups excluding tert-OH is 1. The molecule has 2 rings (SSSR count). The van der Waals surface area contributed by atoms with Crippen molar-refractivity contribution in [2.75, 3.05) is 0 Å². The maximum Gasteiger partial charge on any atom is 0.371 e. The van der Waals surface area contributed by atoms with Gasteiger partial charge in [0.05, 0.1) is 10.0 Å². The van der Waals surface area contributed by atoms with Crippen LogP contribution in [-0.4, -0.2) is 16.2 Å². The minimum Gasteiger partial charge on any atom is -0.475 e. The van der Waals surface area contributed by atoms with E-state index in [2.05, 4.69) is 0 Å². The van der Waals surface area contributed by atoms with E-state index in [0.717, 1.165) is 0 Å². The van der Waals surface area contributed by atoms with E-state index < -0.39 is 12.1 Å². The molecule has 0 amide bonds. The third-order valence-electron chi connectivity index (χ3n) is 2.37. The lowest BCUT2D eigenvalue weighted by molar-refractivity contribution is 0.0655. The Morgan fingerprint density at radius 2 is 1.89 bits per heavy atom. The fraction of sp³-hybridized carbons (Fsp3) is 0.0833. The van der Waals surface area contributed by atoms with Crippen LogP contribution in [0.3, 0.4) is 0 Å². The van der Waals surface area contributed by atoms with Crippen molar-refractivity contribution in [1.29, 1.82) is 0 Å². The SMILES string of the molecule is O=C(O)c1ccc(C(O)c2ccc(Cl)c(Cl)c2)o1. The number of furan rings is 1. The zero-order valence-electron chi connectivity index (χ0n) is 8.93. The van der Waals surface area contributed by atoms with Gasteiger partial charge in [0.25, 0.3) is 0 Å². The normalized spacial score (nSPS) is 12.4. The summed E-state index contributed by atoms with van der Waals surface area (Å²) in [4.78, 5) is 10.7. The number of carboxylic acids is 1. The summed E-state index contributed by atoms with van der Waals surface area (Å²) >= 11 is 11.6. The van der Waals surface area contributed by atoms with Crippen LogP contribution < -0.4 is 0 Å². The first-order valence-corrected chi connectivity index (χ1v) is 5.70. The molecule has 2 N–H and O–H groups in total. The summed E-state index contributed by atoms with van der Waals surface area (Å²) in [5.41, 5.74) is 0.468. The first kappa shape index (κ1) is 13.0. The van der Waals surface area contributed by atoms with Crippen LogP contribution in [0.5, 0.6) is 0 Å². The van der Waals surface area contributed by atoms with Crippen molar-refractivity contribution in [2.45, 2.75) is 6.10 Å². The summed E-state index contributed by atoms with van der Waals surface area (Å²) in [5, 5.41) is 19.4. The second-order valence-electron chi connectivity index (χ2n) is 3.58. The molecule has 6 heteroatoms. The van der Waals surface area contributed by atoms with Gasteiger partial charge < -0.3 is 14.6 Å². The van der Waals surface area contributed by atoms with Crippen LogP contribution in [0.25, 0.3) is 0 Å². The molecular formula is C12H8Cl2O4. The van der Waals surface area contributed by atoms with E-state index in [1.165, 1.54) is 18.2 Å². The largest absolute Gasteiger partial charge is 0.475 e. The maximum atomic E-state index is 10.7. The first-order valence-electron chi connectivity index (χ1n) is 4.95. The molecule has 0 aliphatic rings. The van der Waals surface area contributed by atoms with Gasteiger partial charge in [-0.3, -0.25) is 0 Å². The zero-order valence-corrected chi connectivity index (χ0v) is 10.4. The molecule has 0 saturated heterocycles. The lowest BCUT2D eigenvalue weighted by atomic mass is 10.1. The minimum absolute atomic E-state index is 0.130. The highest BCUT2D eigenvalue weighted by atomic mass is 35.5. The Labute approximate surface area is 112 Å². The molecule has 2 aromatic rings. The van der Waals surface area contributed by atoms with Crippen LogP contribution in [0.2, 0.25) is 10.0 Å². The van der Waals surface area contributed by atoms with Crippen LogP contribution in [0.1, 0.15) is 28.0 Å². The lowest BCUT2D eigenvalue weighted by Crippen LogP contribution is -1.98. The van der Waals surface area contributed by atoms with E-state index in [9.17, 15) is 9.90 Å². The second-order valence-corrected chi connectivity index (χ2v) is 4.40. The average Bonchev–Trinajstić information content (AvgIpc) is 2.81. The molecule has 1 unspecified atom stereocenters. The molecule has 1 aromatic carbocycles. The fourth-order valence-corrected chi connectivity index (χ4v) is 1.77. The number of hydrogen-bond acceptors (Lipinski definition) is 3. The number of carboxylic acid groups (broad SMARTS) is 1. The van der Waals surface area contributed by atoms with E-state index >= 15 is 0 Å². The number of hydrogen-bond donors (Lipinski definition) is 2. The molecule has 18 heavy (non-hydrogen) atoms. The Morgan fingerprint density at radius 3 is 2.44 bits per heavy atom. The van der Waals surface area contributed by atoms with Crippen molar-refractivity contribution in [3.8, 4) is 0 Å². The molecule has 0 aliphatic heterocycles. The lowest BCUT2D eigenvalue weighted by Gasteiger charge is -2.08. The van der Waals surface area contributed by atoms with E-state index in [-0.39, 0.29) is 11.5 Å². The standard InChI is InChI=1S/C12H8Cl2O4/c13-7-2-1-6(5-8(7)14)11(15)9-3-4-10(18-9)12(16)17/h1-5,11,15H,(H,16,17). The highest BCUT2D eigenvalue weighted by Gasteiger charge is 2.18. The van der Waals surface area contributed by atoms with Gasteiger partial charge in [-0.15, -0.1) is 0 Å². The van der Waals surface area contributed by atoms with Gasteiger partial charge >= 0.3 is 5.97 Å². The molecule has 1 aromatic heterocycles. The zero-order chi connectivity index (χ0) is 13.3. The van der Waals surface area contributed by atoms with Crippen LogP contribution in [0, 0.1) is 0 Å². The monoisotopic (exact) mass is 286 g/mol. The average molecular weight is 287 g/mol. The topological polar surface area (TPSA) is 70.7 Å². The van der Waals surface area contributed by atoms with Gasteiger partial charge in [0.15, 0.2) is 0 Å². The van der Waals surface area contributed by atoms with Gasteiger partial charge in [0, 0.05) is 0 Å². The number of carbonyl (C=O) groups is 1. The minimum atomic E-state index is -1.19. The molecule has 0 saturated carbocycles. The van der Waals surface area contributed by atoms with Crippen molar-refractivity contribution in [2.24, 2.45) is 0 Å². The first-order chi connectivity index (χ1) is 8.49. The van der Waals surface area contributed by atoms with Gasteiger partial charge in [-0.25, -0.2) is 4.79 Å².